The fraction of sp³-hybridized carbons (Fsp3) is 0.364. The van der Waals surface area contributed by atoms with Gasteiger partial charge in [-0.05, 0) is 24.6 Å². The number of carbonyl (C=O) groups excluding carboxylic acids is 1. The maximum absolute atomic E-state index is 13.5. The lowest BCUT2D eigenvalue weighted by Crippen LogP contribution is -2.31. The summed E-state index contributed by atoms with van der Waals surface area (Å²) in [6.07, 6.45) is -2.11. The quantitative estimate of drug-likeness (QED) is 0.826. The Kier molecular flexibility index (Phi) is 4.51. The summed E-state index contributed by atoms with van der Waals surface area (Å²) in [4.78, 5) is 11.1. The molecule has 0 bridgehead atoms. The number of esters is 1. The number of rotatable bonds is 4. The van der Waals surface area contributed by atoms with E-state index in [0.717, 1.165) is 18.2 Å². The molecule has 0 saturated carbocycles. The summed E-state index contributed by atoms with van der Waals surface area (Å²) in [5.41, 5.74) is 5.41. The van der Waals surface area contributed by atoms with Crippen LogP contribution >= 0.6 is 0 Å². The highest BCUT2D eigenvalue weighted by molar-refractivity contribution is 5.75. The molecule has 6 heteroatoms. The van der Waals surface area contributed by atoms with E-state index in [1.54, 1.807) is 0 Å². The van der Waals surface area contributed by atoms with Crippen molar-refractivity contribution < 1.29 is 22.7 Å². The first kappa shape index (κ1) is 13.5. The summed E-state index contributed by atoms with van der Waals surface area (Å²) in [6, 6.07) is 1.31. The van der Waals surface area contributed by atoms with Crippen molar-refractivity contribution in [3.63, 3.8) is 0 Å². The summed E-state index contributed by atoms with van der Waals surface area (Å²) >= 11 is 0. The molecule has 0 heterocycles. The Hall–Kier alpha value is -1.56. The van der Waals surface area contributed by atoms with Crippen LogP contribution in [0.15, 0.2) is 18.2 Å². The van der Waals surface area contributed by atoms with E-state index in [1.807, 2.05) is 0 Å². The summed E-state index contributed by atoms with van der Waals surface area (Å²) in [5, 5.41) is 0. The number of hydrogen-bond acceptors (Lipinski definition) is 3. The van der Waals surface area contributed by atoms with Crippen LogP contribution in [-0.2, 0) is 9.53 Å². The van der Waals surface area contributed by atoms with Crippen LogP contribution in [0.2, 0.25) is 0 Å². The molecule has 0 aliphatic rings. The van der Waals surface area contributed by atoms with Crippen molar-refractivity contribution in [1.29, 1.82) is 0 Å². The predicted octanol–water partition coefficient (Wildman–Crippen LogP) is 1.87. The van der Waals surface area contributed by atoms with Crippen LogP contribution in [0.1, 0.15) is 18.5 Å². The number of ether oxygens (including phenoxy) is 1. The van der Waals surface area contributed by atoms with Gasteiger partial charge in [0.25, 0.3) is 0 Å². The number of halogens is 3. The van der Waals surface area contributed by atoms with Gasteiger partial charge in [0.1, 0.15) is 0 Å². The largest absolute Gasteiger partial charge is 0.464 e. The first-order valence-corrected chi connectivity index (χ1v) is 4.98. The zero-order chi connectivity index (χ0) is 13.0. The fourth-order valence-electron chi connectivity index (χ4n) is 1.26. The Labute approximate surface area is 96.4 Å². The Morgan fingerprint density at radius 1 is 1.41 bits per heavy atom. The second-order valence-electron chi connectivity index (χ2n) is 3.35. The van der Waals surface area contributed by atoms with Crippen molar-refractivity contribution in [3.8, 4) is 0 Å². The van der Waals surface area contributed by atoms with Crippen molar-refractivity contribution in [2.45, 2.75) is 19.1 Å². The third-order valence-electron chi connectivity index (χ3n) is 2.16. The van der Waals surface area contributed by atoms with Crippen molar-refractivity contribution in [2.75, 3.05) is 6.61 Å². The van der Waals surface area contributed by atoms with Gasteiger partial charge in [0.2, 0.25) is 6.17 Å². The summed E-state index contributed by atoms with van der Waals surface area (Å²) in [6.45, 7) is 1.54. The van der Waals surface area contributed by atoms with Gasteiger partial charge in [-0.25, -0.2) is 18.0 Å². The minimum Gasteiger partial charge on any atom is -0.464 e. The molecule has 0 aromatic heterocycles. The monoisotopic (exact) mass is 247 g/mol. The third-order valence-corrected chi connectivity index (χ3v) is 2.16. The molecule has 3 nitrogen and oxygen atoms in total. The van der Waals surface area contributed by atoms with E-state index in [9.17, 15) is 18.0 Å². The number of nitrogens with two attached hydrogens (primary N) is 1. The molecule has 1 unspecified atom stereocenters. The maximum Gasteiger partial charge on any atom is 0.342 e. The highest BCUT2D eigenvalue weighted by Crippen LogP contribution is 2.20. The van der Waals surface area contributed by atoms with Gasteiger partial charge in [0, 0.05) is 0 Å². The average Bonchev–Trinajstić information content (AvgIpc) is 2.31. The minimum atomic E-state index is -2.11. The van der Waals surface area contributed by atoms with E-state index in [0.29, 0.717) is 0 Å². The van der Waals surface area contributed by atoms with Crippen molar-refractivity contribution in [1.82, 2.24) is 0 Å². The number of alkyl halides is 1. The molecule has 1 rings (SSSR count). The molecule has 94 valence electrons. The second kappa shape index (κ2) is 5.67. The Morgan fingerprint density at radius 3 is 2.59 bits per heavy atom. The normalized spacial score (nSPS) is 14.2. The lowest BCUT2D eigenvalue weighted by molar-refractivity contribution is -0.149. The van der Waals surface area contributed by atoms with Gasteiger partial charge in [-0.2, -0.15) is 0 Å². The maximum atomic E-state index is 13.5. The van der Waals surface area contributed by atoms with Gasteiger partial charge in [-0.3, -0.25) is 0 Å². The first-order valence-electron chi connectivity index (χ1n) is 4.98. The second-order valence-corrected chi connectivity index (χ2v) is 3.35. The molecule has 0 aliphatic carbocycles. The zero-order valence-electron chi connectivity index (χ0n) is 9.12. The average molecular weight is 247 g/mol. The van der Waals surface area contributed by atoms with Crippen LogP contribution in [0.3, 0.4) is 0 Å². The third kappa shape index (κ3) is 3.20. The molecule has 0 fully saturated rings. The molecule has 0 saturated heterocycles. The van der Waals surface area contributed by atoms with Gasteiger partial charge < -0.3 is 10.5 Å². The molecule has 1 aromatic rings. The van der Waals surface area contributed by atoms with Gasteiger partial charge in [-0.1, -0.05) is 6.07 Å². The zero-order valence-corrected chi connectivity index (χ0v) is 9.12. The summed E-state index contributed by atoms with van der Waals surface area (Å²) in [5.74, 6) is -3.33. The minimum absolute atomic E-state index is 0.00977. The highest BCUT2D eigenvalue weighted by atomic mass is 19.2. The summed E-state index contributed by atoms with van der Waals surface area (Å²) < 4.78 is 43.4. The van der Waals surface area contributed by atoms with E-state index in [4.69, 9.17) is 5.73 Å². The lowest BCUT2D eigenvalue weighted by Gasteiger charge is -2.15. The number of benzene rings is 1. The van der Waals surface area contributed by atoms with Gasteiger partial charge in [0.05, 0.1) is 12.6 Å². The first-order chi connectivity index (χ1) is 7.97. The van der Waals surface area contributed by atoms with E-state index in [2.05, 4.69) is 4.74 Å². The Balaban J connectivity index is 2.84. The van der Waals surface area contributed by atoms with Crippen LogP contribution < -0.4 is 5.73 Å². The fourth-order valence-corrected chi connectivity index (χ4v) is 1.26. The Bertz CT molecular complexity index is 412. The smallest absolute Gasteiger partial charge is 0.342 e. The molecule has 0 amide bonds. The highest BCUT2D eigenvalue weighted by Gasteiger charge is 2.28. The van der Waals surface area contributed by atoms with E-state index < -0.39 is 29.8 Å². The van der Waals surface area contributed by atoms with Crippen LogP contribution in [0.5, 0.6) is 0 Å². The van der Waals surface area contributed by atoms with Crippen LogP contribution in [0, 0.1) is 11.6 Å². The molecule has 0 radical (unpaired) electrons. The molecule has 2 N–H and O–H groups in total. The molecule has 2 atom stereocenters. The molecular formula is C11H12F3NO2. The summed E-state index contributed by atoms with van der Waals surface area (Å²) in [7, 11) is 0. The lowest BCUT2D eigenvalue weighted by atomic mass is 10.0. The van der Waals surface area contributed by atoms with Crippen molar-refractivity contribution in [3.05, 3.63) is 35.4 Å². The van der Waals surface area contributed by atoms with Crippen LogP contribution in [-0.4, -0.2) is 18.7 Å². The van der Waals surface area contributed by atoms with E-state index >= 15 is 0 Å². The van der Waals surface area contributed by atoms with Crippen molar-refractivity contribution in [2.24, 2.45) is 5.73 Å². The topological polar surface area (TPSA) is 52.3 Å². The van der Waals surface area contributed by atoms with Crippen LogP contribution in [0.4, 0.5) is 13.2 Å². The van der Waals surface area contributed by atoms with Gasteiger partial charge >= 0.3 is 5.97 Å². The molecule has 17 heavy (non-hydrogen) atoms. The van der Waals surface area contributed by atoms with E-state index in [-0.39, 0.29) is 12.2 Å². The molecular weight excluding hydrogens is 235 g/mol. The van der Waals surface area contributed by atoms with Crippen LogP contribution in [0.25, 0.3) is 0 Å². The van der Waals surface area contributed by atoms with Crippen molar-refractivity contribution >= 4 is 5.97 Å². The van der Waals surface area contributed by atoms with Gasteiger partial charge in [-0.15, -0.1) is 0 Å². The predicted molar refractivity (Wildman–Crippen MR) is 54.8 cm³/mol. The Morgan fingerprint density at radius 2 is 2.06 bits per heavy atom. The molecule has 0 aliphatic heterocycles. The number of hydrogen-bond donors (Lipinski definition) is 1. The SMILES string of the molecule is CCOC(=O)C(F)[C@@H](N)c1ccc(F)c(F)c1. The van der Waals surface area contributed by atoms with Gasteiger partial charge in [0.15, 0.2) is 11.6 Å². The standard InChI is InChI=1S/C11H12F3NO2/c1-2-17-11(16)9(14)10(15)6-3-4-7(12)8(13)5-6/h3-5,9-10H,2,15H2,1H3/t9?,10-/m0/s1. The van der Waals surface area contributed by atoms with E-state index in [1.165, 1.54) is 6.92 Å². The molecule has 1 aromatic carbocycles. The molecule has 0 spiro atoms. The number of carbonyl (C=O) groups is 1.